The Balaban J connectivity index is 0.00000169. The van der Waals surface area contributed by atoms with E-state index < -0.39 is 0 Å². The summed E-state index contributed by atoms with van der Waals surface area (Å²) in [6.45, 7) is 0. The van der Waals surface area contributed by atoms with Crippen molar-refractivity contribution in [1.29, 1.82) is 10.8 Å². The van der Waals surface area contributed by atoms with Gasteiger partial charge in [0, 0.05) is 28.3 Å². The van der Waals surface area contributed by atoms with E-state index >= 15 is 0 Å². The maximum Gasteiger partial charge on any atom is 0.167 e. The predicted octanol–water partition coefficient (Wildman–Crippen LogP) is 4.07. The smallest absolute Gasteiger partial charge is 0.167 e. The molecule has 0 radical (unpaired) electrons. The predicted molar refractivity (Wildman–Crippen MR) is 109 cm³/mol. The summed E-state index contributed by atoms with van der Waals surface area (Å²) in [4.78, 5) is 0. The molecule has 0 atom stereocenters. The Morgan fingerprint density at radius 2 is 1.58 bits per heavy atom. The van der Waals surface area contributed by atoms with Gasteiger partial charge >= 0.3 is 0 Å². The molecule has 6 nitrogen and oxygen atoms in total. The zero-order valence-corrected chi connectivity index (χ0v) is 15.7. The van der Waals surface area contributed by atoms with Gasteiger partial charge in [0.25, 0.3) is 0 Å². The van der Waals surface area contributed by atoms with Crippen molar-refractivity contribution in [3.8, 4) is 22.6 Å². The van der Waals surface area contributed by atoms with E-state index in [2.05, 4.69) is 5.16 Å². The van der Waals surface area contributed by atoms with Crippen LogP contribution in [0.3, 0.4) is 0 Å². The van der Waals surface area contributed by atoms with Crippen molar-refractivity contribution in [2.45, 2.75) is 0 Å². The molecule has 26 heavy (non-hydrogen) atoms. The highest BCUT2D eigenvalue weighted by molar-refractivity contribution is 6.33. The number of nitrogens with two attached hydrogens (primary N) is 2. The number of rotatable bonds is 4. The fourth-order valence-electron chi connectivity index (χ4n) is 2.27. The zero-order valence-electron chi connectivity index (χ0n) is 13.3. The monoisotopic (exact) mass is 411 g/mol. The third kappa shape index (κ3) is 4.35. The van der Waals surface area contributed by atoms with Crippen LogP contribution in [0, 0.1) is 10.8 Å². The summed E-state index contributed by atoms with van der Waals surface area (Å²) >= 11 is 6.25. The van der Waals surface area contributed by atoms with E-state index in [9.17, 15) is 0 Å². The second-order valence-electron chi connectivity index (χ2n) is 5.18. The molecule has 0 aliphatic rings. The first-order valence-corrected chi connectivity index (χ1v) is 7.39. The molecule has 0 saturated carbocycles. The molecule has 3 aromatic rings. The molecule has 1 aromatic heterocycles. The van der Waals surface area contributed by atoms with Crippen LogP contribution in [0.2, 0.25) is 5.02 Å². The normalized spacial score (nSPS) is 9.73. The van der Waals surface area contributed by atoms with E-state index in [0.717, 1.165) is 5.56 Å². The first-order chi connectivity index (χ1) is 11.5. The minimum Gasteiger partial charge on any atom is -0.384 e. The van der Waals surface area contributed by atoms with E-state index in [0.29, 0.717) is 33.2 Å². The fourth-order valence-corrected chi connectivity index (χ4v) is 2.55. The number of hydrogen-bond donors (Lipinski definition) is 4. The minimum absolute atomic E-state index is 0. The zero-order chi connectivity index (χ0) is 17.3. The van der Waals surface area contributed by atoms with Crippen molar-refractivity contribution < 1.29 is 4.52 Å². The Hall–Kier alpha value is -2.54. The summed E-state index contributed by atoms with van der Waals surface area (Å²) < 4.78 is 5.39. The highest BCUT2D eigenvalue weighted by atomic mass is 35.5. The van der Waals surface area contributed by atoms with Gasteiger partial charge in [-0.05, 0) is 12.1 Å². The Bertz CT molecular complexity index is 955. The summed E-state index contributed by atoms with van der Waals surface area (Å²) in [5.41, 5.74) is 14.1. The van der Waals surface area contributed by atoms with E-state index in [1.54, 1.807) is 42.5 Å². The standard InChI is InChI=1S/C17H14ClN5O.2ClH/c18-13-7-11(17(21)22)4-5-12(13)14-8-15(24-23-14)9-2-1-3-10(6-9)16(19)20;;/h1-8H,(H3,19,20)(H3,21,22);2*1H. The van der Waals surface area contributed by atoms with Gasteiger partial charge in [0.05, 0.1) is 5.02 Å². The van der Waals surface area contributed by atoms with Crippen LogP contribution < -0.4 is 11.5 Å². The summed E-state index contributed by atoms with van der Waals surface area (Å²) in [6.07, 6.45) is 0. The topological polar surface area (TPSA) is 126 Å². The van der Waals surface area contributed by atoms with Crippen LogP contribution in [-0.4, -0.2) is 16.8 Å². The van der Waals surface area contributed by atoms with Crippen LogP contribution in [-0.2, 0) is 0 Å². The lowest BCUT2D eigenvalue weighted by atomic mass is 10.1. The first-order valence-electron chi connectivity index (χ1n) is 7.01. The van der Waals surface area contributed by atoms with Crippen molar-refractivity contribution in [3.05, 3.63) is 64.7 Å². The lowest BCUT2D eigenvalue weighted by Crippen LogP contribution is -2.10. The summed E-state index contributed by atoms with van der Waals surface area (Å²) in [5, 5.41) is 19.4. The SMILES string of the molecule is Cl.Cl.N=C(N)c1cccc(-c2cc(-c3ccc(C(=N)N)cc3Cl)no2)c1. The minimum atomic E-state index is -0.0506. The molecule has 3 rings (SSSR count). The quantitative estimate of drug-likeness (QED) is 0.380. The van der Waals surface area contributed by atoms with E-state index in [-0.39, 0.29) is 36.5 Å². The molecule has 0 aliphatic heterocycles. The van der Waals surface area contributed by atoms with Crippen LogP contribution in [0.4, 0.5) is 0 Å². The Morgan fingerprint density at radius 1 is 0.923 bits per heavy atom. The summed E-state index contributed by atoms with van der Waals surface area (Å²) in [7, 11) is 0. The van der Waals surface area contributed by atoms with Crippen molar-refractivity contribution in [1.82, 2.24) is 5.16 Å². The lowest BCUT2D eigenvalue weighted by Gasteiger charge is -2.03. The molecule has 2 aromatic carbocycles. The molecule has 0 bridgehead atoms. The first kappa shape index (κ1) is 21.5. The van der Waals surface area contributed by atoms with E-state index in [1.807, 2.05) is 6.07 Å². The van der Waals surface area contributed by atoms with E-state index in [1.165, 1.54) is 0 Å². The molecule has 0 spiro atoms. The van der Waals surface area contributed by atoms with Gasteiger partial charge in [-0.2, -0.15) is 0 Å². The van der Waals surface area contributed by atoms with Gasteiger partial charge < -0.3 is 16.0 Å². The molecular weight excluding hydrogens is 397 g/mol. The maximum absolute atomic E-state index is 7.50. The number of amidine groups is 2. The van der Waals surface area contributed by atoms with Gasteiger partial charge in [-0.15, -0.1) is 24.8 Å². The van der Waals surface area contributed by atoms with Crippen LogP contribution >= 0.6 is 36.4 Å². The molecule has 0 saturated heterocycles. The number of nitrogens with zero attached hydrogens (tertiary/aromatic N) is 1. The largest absolute Gasteiger partial charge is 0.384 e. The molecule has 0 aliphatic carbocycles. The number of halogens is 3. The average Bonchev–Trinajstić information content (AvgIpc) is 3.04. The van der Waals surface area contributed by atoms with Crippen LogP contribution in [0.15, 0.2) is 53.1 Å². The average molecular weight is 413 g/mol. The third-order valence-corrected chi connectivity index (χ3v) is 3.84. The molecular formula is C17H16Cl3N5O. The van der Waals surface area contributed by atoms with Gasteiger partial charge in [0.2, 0.25) is 0 Å². The highest BCUT2D eigenvalue weighted by Crippen LogP contribution is 2.31. The maximum atomic E-state index is 7.50. The second-order valence-corrected chi connectivity index (χ2v) is 5.59. The van der Waals surface area contributed by atoms with Crippen molar-refractivity contribution in [2.75, 3.05) is 0 Å². The molecule has 6 N–H and O–H groups in total. The van der Waals surface area contributed by atoms with Gasteiger partial charge in [0.1, 0.15) is 17.4 Å². The summed E-state index contributed by atoms with van der Waals surface area (Å²) in [6, 6.07) is 14.0. The molecule has 0 fully saturated rings. The fraction of sp³-hybridized carbons (Fsp3) is 0. The molecule has 0 unspecified atom stereocenters. The van der Waals surface area contributed by atoms with E-state index in [4.69, 9.17) is 38.4 Å². The lowest BCUT2D eigenvalue weighted by molar-refractivity contribution is 0.435. The van der Waals surface area contributed by atoms with Crippen LogP contribution in [0.1, 0.15) is 11.1 Å². The number of nitrogen functional groups attached to an aromatic ring is 2. The molecule has 136 valence electrons. The second kappa shape index (κ2) is 8.71. The Labute approximate surface area is 167 Å². The number of hydrogen-bond acceptors (Lipinski definition) is 4. The van der Waals surface area contributed by atoms with Crippen molar-refractivity contribution >= 4 is 48.1 Å². The Morgan fingerprint density at radius 3 is 2.19 bits per heavy atom. The number of benzene rings is 2. The number of nitrogens with one attached hydrogen (secondary N) is 2. The third-order valence-electron chi connectivity index (χ3n) is 3.52. The van der Waals surface area contributed by atoms with Gasteiger partial charge in [-0.1, -0.05) is 47.1 Å². The van der Waals surface area contributed by atoms with Crippen LogP contribution in [0.25, 0.3) is 22.6 Å². The molecule has 1 heterocycles. The van der Waals surface area contributed by atoms with Gasteiger partial charge in [-0.3, -0.25) is 10.8 Å². The number of aromatic nitrogens is 1. The highest BCUT2D eigenvalue weighted by Gasteiger charge is 2.13. The van der Waals surface area contributed by atoms with Gasteiger partial charge in [-0.25, -0.2) is 0 Å². The Kier molecular flexibility index (Phi) is 7.20. The molecule has 9 heteroatoms. The van der Waals surface area contributed by atoms with Crippen LogP contribution in [0.5, 0.6) is 0 Å². The van der Waals surface area contributed by atoms with Crippen molar-refractivity contribution in [2.24, 2.45) is 11.5 Å². The summed E-state index contributed by atoms with van der Waals surface area (Å²) in [5.74, 6) is 0.476. The van der Waals surface area contributed by atoms with Crippen molar-refractivity contribution in [3.63, 3.8) is 0 Å². The van der Waals surface area contributed by atoms with Gasteiger partial charge in [0.15, 0.2) is 5.76 Å². The molecule has 0 amide bonds.